The Kier molecular flexibility index (Phi) is 5.55. The van der Waals surface area contributed by atoms with E-state index in [0.717, 1.165) is 17.7 Å². The molecule has 1 aliphatic rings. The molecule has 2 heterocycles. The molecule has 1 atom stereocenters. The smallest absolute Gasteiger partial charge is 0.242 e. The number of thioether (sulfide) groups is 1. The first kappa shape index (κ1) is 17.3. The Labute approximate surface area is 150 Å². The molecule has 1 aromatic heterocycles. The van der Waals surface area contributed by atoms with Crippen molar-refractivity contribution >= 4 is 29.1 Å². The summed E-state index contributed by atoms with van der Waals surface area (Å²) in [6, 6.07) is 11.2. The maximum Gasteiger partial charge on any atom is 0.242 e. The number of rotatable bonds is 6. The van der Waals surface area contributed by atoms with Crippen LogP contribution < -0.4 is 4.74 Å². The van der Waals surface area contributed by atoms with Crippen molar-refractivity contribution in [3.63, 3.8) is 0 Å². The first-order valence-electron chi connectivity index (χ1n) is 7.96. The molecule has 0 radical (unpaired) electrons. The van der Waals surface area contributed by atoms with E-state index in [2.05, 4.69) is 10.2 Å². The molecule has 1 fully saturated rings. The minimum Gasteiger partial charge on any atom is -0.497 e. The summed E-state index contributed by atoms with van der Waals surface area (Å²) >= 11 is 1.45. The molecule has 7 heteroatoms. The number of hydrogen-bond donors (Lipinski definition) is 0. The summed E-state index contributed by atoms with van der Waals surface area (Å²) < 4.78 is 10.4. The lowest BCUT2D eigenvalue weighted by molar-refractivity contribution is -0.126. The van der Waals surface area contributed by atoms with Crippen LogP contribution >= 0.6 is 11.8 Å². The largest absolute Gasteiger partial charge is 0.497 e. The quantitative estimate of drug-likeness (QED) is 0.586. The molecule has 2 aromatic rings. The van der Waals surface area contributed by atoms with Crippen LogP contribution in [0.2, 0.25) is 0 Å². The van der Waals surface area contributed by atoms with Gasteiger partial charge in [0.1, 0.15) is 11.5 Å². The fourth-order valence-electron chi connectivity index (χ4n) is 2.40. The van der Waals surface area contributed by atoms with Gasteiger partial charge in [0.15, 0.2) is 5.17 Å². The third kappa shape index (κ3) is 4.11. The second kappa shape index (κ2) is 8.02. The van der Waals surface area contributed by atoms with Crippen molar-refractivity contribution in [3.8, 4) is 5.75 Å². The number of amides is 1. The molecule has 1 aromatic carbocycles. The molecule has 3 rings (SSSR count). The number of benzene rings is 1. The van der Waals surface area contributed by atoms with Crippen LogP contribution in [-0.4, -0.2) is 34.5 Å². The van der Waals surface area contributed by atoms with Gasteiger partial charge in [0.25, 0.3) is 0 Å². The third-order valence-corrected chi connectivity index (χ3v) is 5.09. The molecule has 25 heavy (non-hydrogen) atoms. The number of hydrogen-bond acceptors (Lipinski definition) is 6. The Morgan fingerprint density at radius 1 is 1.32 bits per heavy atom. The van der Waals surface area contributed by atoms with Gasteiger partial charge in [-0.15, -0.1) is 5.10 Å². The SMILES string of the molecule is CC[C@@H]1S/C(=N\N=C/c2ccco2)N(Cc2ccc(OC)cc2)C1=O. The van der Waals surface area contributed by atoms with Crippen LogP contribution in [0.5, 0.6) is 5.75 Å². The topological polar surface area (TPSA) is 67.4 Å². The monoisotopic (exact) mass is 357 g/mol. The molecule has 0 N–H and O–H groups in total. The Balaban J connectivity index is 1.78. The molecule has 0 bridgehead atoms. The van der Waals surface area contributed by atoms with Gasteiger partial charge in [-0.2, -0.15) is 5.10 Å². The van der Waals surface area contributed by atoms with Gasteiger partial charge < -0.3 is 9.15 Å². The Bertz CT molecular complexity index is 769. The maximum absolute atomic E-state index is 12.6. The molecular weight excluding hydrogens is 338 g/mol. The lowest BCUT2D eigenvalue weighted by Gasteiger charge is -2.16. The summed E-state index contributed by atoms with van der Waals surface area (Å²) in [4.78, 5) is 14.3. The Morgan fingerprint density at radius 2 is 2.12 bits per heavy atom. The van der Waals surface area contributed by atoms with E-state index in [0.29, 0.717) is 17.5 Å². The summed E-state index contributed by atoms with van der Waals surface area (Å²) in [6.45, 7) is 2.46. The van der Waals surface area contributed by atoms with Crippen molar-refractivity contribution in [2.75, 3.05) is 7.11 Å². The fraction of sp³-hybridized carbons (Fsp3) is 0.278. The molecule has 130 valence electrons. The van der Waals surface area contributed by atoms with Gasteiger partial charge >= 0.3 is 0 Å². The van der Waals surface area contributed by atoms with Gasteiger partial charge in [-0.05, 0) is 36.2 Å². The summed E-state index contributed by atoms with van der Waals surface area (Å²) in [5.41, 5.74) is 1.01. The van der Waals surface area contributed by atoms with Gasteiger partial charge in [0.05, 0.1) is 31.4 Å². The second-order valence-electron chi connectivity index (χ2n) is 5.43. The van der Waals surface area contributed by atoms with Crippen LogP contribution in [0.1, 0.15) is 24.7 Å². The van der Waals surface area contributed by atoms with E-state index < -0.39 is 0 Å². The van der Waals surface area contributed by atoms with E-state index in [4.69, 9.17) is 9.15 Å². The molecule has 0 spiro atoms. The molecule has 1 aliphatic heterocycles. The number of furan rings is 1. The van der Waals surface area contributed by atoms with Crippen LogP contribution in [-0.2, 0) is 11.3 Å². The van der Waals surface area contributed by atoms with Crippen molar-refractivity contribution in [1.82, 2.24) is 4.90 Å². The standard InChI is InChI=1S/C18H19N3O3S/c1-3-16-17(22)21(12-13-6-8-14(23-2)9-7-13)18(25-16)20-19-11-15-5-4-10-24-15/h4-11,16H,3,12H2,1-2H3/b19-11-,20-18-/t16-/m0/s1. The highest BCUT2D eigenvalue weighted by Crippen LogP contribution is 2.31. The van der Waals surface area contributed by atoms with E-state index in [-0.39, 0.29) is 11.2 Å². The zero-order valence-electron chi connectivity index (χ0n) is 14.1. The maximum atomic E-state index is 12.6. The van der Waals surface area contributed by atoms with Crippen molar-refractivity contribution in [2.45, 2.75) is 25.1 Å². The minimum atomic E-state index is -0.115. The average molecular weight is 357 g/mol. The van der Waals surface area contributed by atoms with Crippen molar-refractivity contribution in [1.29, 1.82) is 0 Å². The predicted octanol–water partition coefficient (Wildman–Crippen LogP) is 3.53. The van der Waals surface area contributed by atoms with Crippen molar-refractivity contribution < 1.29 is 13.9 Å². The highest BCUT2D eigenvalue weighted by Gasteiger charge is 2.36. The highest BCUT2D eigenvalue weighted by atomic mass is 32.2. The van der Waals surface area contributed by atoms with Gasteiger partial charge in [-0.3, -0.25) is 9.69 Å². The van der Waals surface area contributed by atoms with E-state index in [1.807, 2.05) is 31.2 Å². The normalized spacial score (nSPS) is 19.3. The first-order valence-corrected chi connectivity index (χ1v) is 8.84. The van der Waals surface area contributed by atoms with Gasteiger partial charge in [-0.1, -0.05) is 30.8 Å². The first-order chi connectivity index (χ1) is 12.2. The van der Waals surface area contributed by atoms with E-state index in [9.17, 15) is 4.79 Å². The lowest BCUT2D eigenvalue weighted by atomic mass is 10.2. The van der Waals surface area contributed by atoms with Crippen LogP contribution in [0.4, 0.5) is 0 Å². The van der Waals surface area contributed by atoms with Crippen molar-refractivity contribution in [3.05, 3.63) is 54.0 Å². The molecule has 1 amide bonds. The van der Waals surface area contributed by atoms with Gasteiger partial charge in [-0.25, -0.2) is 0 Å². The summed E-state index contributed by atoms with van der Waals surface area (Å²) in [6.07, 6.45) is 3.86. The van der Waals surface area contributed by atoms with E-state index in [1.54, 1.807) is 30.4 Å². The number of nitrogens with zero attached hydrogens (tertiary/aromatic N) is 3. The highest BCUT2D eigenvalue weighted by molar-refractivity contribution is 8.15. The Hall–Kier alpha value is -2.54. The molecular formula is C18H19N3O3S. The number of carbonyl (C=O) groups excluding carboxylic acids is 1. The fourth-order valence-corrected chi connectivity index (χ4v) is 3.43. The molecule has 6 nitrogen and oxygen atoms in total. The Morgan fingerprint density at radius 3 is 2.76 bits per heavy atom. The van der Waals surface area contributed by atoms with Crippen LogP contribution in [0.3, 0.4) is 0 Å². The van der Waals surface area contributed by atoms with Crippen LogP contribution in [0, 0.1) is 0 Å². The zero-order valence-corrected chi connectivity index (χ0v) is 14.9. The molecule has 1 saturated heterocycles. The predicted molar refractivity (Wildman–Crippen MR) is 99.0 cm³/mol. The summed E-state index contributed by atoms with van der Waals surface area (Å²) in [5, 5.41) is 8.77. The summed E-state index contributed by atoms with van der Waals surface area (Å²) in [7, 11) is 1.63. The van der Waals surface area contributed by atoms with Crippen LogP contribution in [0.25, 0.3) is 0 Å². The van der Waals surface area contributed by atoms with Crippen molar-refractivity contribution in [2.24, 2.45) is 10.2 Å². The average Bonchev–Trinajstić information content (AvgIpc) is 3.25. The molecule has 0 saturated carbocycles. The number of amidine groups is 1. The van der Waals surface area contributed by atoms with E-state index in [1.165, 1.54) is 18.0 Å². The number of ether oxygens (including phenoxy) is 1. The number of carbonyl (C=O) groups is 1. The number of methoxy groups -OCH3 is 1. The van der Waals surface area contributed by atoms with Gasteiger partial charge in [0, 0.05) is 0 Å². The van der Waals surface area contributed by atoms with E-state index >= 15 is 0 Å². The summed E-state index contributed by atoms with van der Waals surface area (Å²) in [5.74, 6) is 1.47. The third-order valence-electron chi connectivity index (χ3n) is 3.76. The lowest BCUT2D eigenvalue weighted by Crippen LogP contribution is -2.31. The zero-order chi connectivity index (χ0) is 17.6. The molecule has 0 unspecified atom stereocenters. The van der Waals surface area contributed by atoms with Crippen LogP contribution in [0.15, 0.2) is 57.3 Å². The minimum absolute atomic E-state index is 0.0651. The second-order valence-corrected chi connectivity index (χ2v) is 6.60. The molecule has 0 aliphatic carbocycles. The van der Waals surface area contributed by atoms with Gasteiger partial charge in [0.2, 0.25) is 5.91 Å².